The van der Waals surface area contributed by atoms with Crippen molar-refractivity contribution in [1.82, 2.24) is 10.6 Å². The second-order valence-electron chi connectivity index (χ2n) is 7.45. The zero-order valence-electron chi connectivity index (χ0n) is 19.4. The minimum Gasteiger partial charge on any atom is -0.493 e. The molecule has 2 aromatic carbocycles. The molecule has 0 bridgehead atoms. The lowest BCUT2D eigenvalue weighted by molar-refractivity contribution is -0.141. The Labute approximate surface area is 198 Å². The summed E-state index contributed by atoms with van der Waals surface area (Å²) < 4.78 is 21.8. The highest BCUT2D eigenvalue weighted by Crippen LogP contribution is 2.39. The second kappa shape index (κ2) is 11.7. The van der Waals surface area contributed by atoms with Gasteiger partial charge in [-0.2, -0.15) is 0 Å². The van der Waals surface area contributed by atoms with E-state index >= 15 is 0 Å². The van der Waals surface area contributed by atoms with Gasteiger partial charge in [0.2, 0.25) is 11.7 Å². The zero-order valence-corrected chi connectivity index (χ0v) is 19.4. The Morgan fingerprint density at radius 3 is 2.47 bits per heavy atom. The van der Waals surface area contributed by atoms with E-state index in [-0.39, 0.29) is 18.5 Å². The molecule has 0 aliphatic carbocycles. The maximum Gasteiger partial charge on any atom is 0.305 e. The number of piperazine rings is 1. The van der Waals surface area contributed by atoms with Gasteiger partial charge in [0.05, 0.1) is 20.8 Å². The van der Waals surface area contributed by atoms with E-state index in [4.69, 9.17) is 14.2 Å². The molecule has 180 valence electrons. The maximum absolute atomic E-state index is 12.6. The van der Waals surface area contributed by atoms with Crippen LogP contribution in [-0.4, -0.2) is 44.7 Å². The molecule has 3 rings (SSSR count). The average molecular weight is 469 g/mol. The minimum atomic E-state index is -0.816. The van der Waals surface area contributed by atoms with E-state index in [0.29, 0.717) is 36.0 Å². The summed E-state index contributed by atoms with van der Waals surface area (Å²) in [5, 5.41) is 5.23. The molecule has 34 heavy (non-hydrogen) atoms. The summed E-state index contributed by atoms with van der Waals surface area (Å²) >= 11 is 0. The van der Waals surface area contributed by atoms with Crippen LogP contribution in [0.3, 0.4) is 0 Å². The van der Waals surface area contributed by atoms with E-state index in [9.17, 15) is 14.4 Å². The van der Waals surface area contributed by atoms with Crippen molar-refractivity contribution in [2.45, 2.75) is 32.4 Å². The van der Waals surface area contributed by atoms with Gasteiger partial charge in [-0.1, -0.05) is 30.3 Å². The van der Waals surface area contributed by atoms with Gasteiger partial charge in [-0.3, -0.25) is 14.4 Å². The fourth-order valence-electron chi connectivity index (χ4n) is 3.37. The molecule has 0 aromatic heterocycles. The van der Waals surface area contributed by atoms with Crippen LogP contribution in [0.1, 0.15) is 30.9 Å². The molecule has 2 N–H and O–H groups in total. The topological polar surface area (TPSA) is 112 Å². The fourth-order valence-corrected chi connectivity index (χ4v) is 3.37. The summed E-state index contributed by atoms with van der Waals surface area (Å²) in [7, 11) is 2.78. The quantitative estimate of drug-likeness (QED) is 0.407. The van der Waals surface area contributed by atoms with Crippen LogP contribution in [0, 0.1) is 0 Å². The molecule has 0 saturated carbocycles. The van der Waals surface area contributed by atoms with Gasteiger partial charge in [0, 0.05) is 6.42 Å². The summed E-state index contributed by atoms with van der Waals surface area (Å²) in [5.74, 6) is -0.00794. The third-order valence-corrected chi connectivity index (χ3v) is 5.09. The predicted octanol–water partition coefficient (Wildman–Crippen LogP) is 2.58. The van der Waals surface area contributed by atoms with Gasteiger partial charge in [-0.15, -0.1) is 0 Å². The first kappa shape index (κ1) is 24.6. The molecule has 1 unspecified atom stereocenters. The third-order valence-electron chi connectivity index (χ3n) is 5.09. The van der Waals surface area contributed by atoms with Crippen molar-refractivity contribution in [2.75, 3.05) is 20.8 Å². The average Bonchev–Trinajstić information content (AvgIpc) is 2.85. The lowest BCUT2D eigenvalue weighted by Crippen LogP contribution is -2.54. The van der Waals surface area contributed by atoms with Gasteiger partial charge in [0.1, 0.15) is 18.3 Å². The summed E-state index contributed by atoms with van der Waals surface area (Å²) in [6.45, 7) is 2.57. The molecule has 9 nitrogen and oxygen atoms in total. The molecular formula is C25H28N2O7. The van der Waals surface area contributed by atoms with E-state index in [1.807, 2.05) is 37.3 Å². The number of esters is 1. The molecule has 2 aromatic rings. The lowest BCUT2D eigenvalue weighted by Gasteiger charge is -2.25. The Kier molecular flexibility index (Phi) is 8.50. The molecular weight excluding hydrogens is 440 g/mol. The van der Waals surface area contributed by atoms with Crippen molar-refractivity contribution >= 4 is 23.9 Å². The van der Waals surface area contributed by atoms with E-state index in [0.717, 1.165) is 5.56 Å². The first-order chi connectivity index (χ1) is 16.4. The smallest absolute Gasteiger partial charge is 0.305 e. The monoisotopic (exact) mass is 468 g/mol. The number of nitrogens with one attached hydrogen (secondary N) is 2. The maximum atomic E-state index is 12.6. The van der Waals surface area contributed by atoms with Gasteiger partial charge in [-0.05, 0) is 42.7 Å². The van der Waals surface area contributed by atoms with Crippen molar-refractivity contribution in [3.63, 3.8) is 0 Å². The number of benzene rings is 2. The fraction of sp³-hybridized carbons (Fsp3) is 0.320. The number of amides is 2. The summed E-state index contributed by atoms with van der Waals surface area (Å²) in [5.41, 5.74) is 1.62. The Morgan fingerprint density at radius 2 is 1.79 bits per heavy atom. The normalized spacial score (nSPS) is 16.4. The molecule has 1 aliphatic rings. The second-order valence-corrected chi connectivity index (χ2v) is 7.45. The van der Waals surface area contributed by atoms with Crippen LogP contribution in [0.2, 0.25) is 0 Å². The van der Waals surface area contributed by atoms with Gasteiger partial charge in [0.25, 0.3) is 5.91 Å². The number of ether oxygens (including phenoxy) is 4. The van der Waals surface area contributed by atoms with Crippen LogP contribution < -0.4 is 24.8 Å². The van der Waals surface area contributed by atoms with Gasteiger partial charge in [0.15, 0.2) is 11.5 Å². The van der Waals surface area contributed by atoms with Crippen molar-refractivity contribution < 1.29 is 33.3 Å². The molecule has 1 heterocycles. The molecule has 0 spiro atoms. The van der Waals surface area contributed by atoms with Crippen molar-refractivity contribution in [2.24, 2.45) is 0 Å². The van der Waals surface area contributed by atoms with E-state index in [2.05, 4.69) is 15.4 Å². The highest BCUT2D eigenvalue weighted by molar-refractivity contribution is 6.07. The first-order valence-electron chi connectivity index (χ1n) is 10.9. The predicted molar refractivity (Wildman–Crippen MR) is 124 cm³/mol. The van der Waals surface area contributed by atoms with Crippen LogP contribution in [0.25, 0.3) is 6.08 Å². The number of rotatable bonds is 10. The Bertz CT molecular complexity index is 1070. The van der Waals surface area contributed by atoms with Crippen LogP contribution in [-0.2, 0) is 25.7 Å². The molecule has 1 atom stereocenters. The highest BCUT2D eigenvalue weighted by Gasteiger charge is 2.30. The van der Waals surface area contributed by atoms with Crippen molar-refractivity contribution in [3.05, 3.63) is 59.3 Å². The Hall–Kier alpha value is -4.01. The standard InChI is InChI=1S/C25H28N2O7/c1-4-33-23-20(31-2)13-17(14-21(23)34-15-16-8-6-5-7-9-16)12-19-25(30)26-18(24(29)27-19)10-11-22(28)32-3/h5-9,12-14,18H,4,10-11,15H2,1-3H3,(H,26,30)(H,27,29)/b19-12-. The van der Waals surface area contributed by atoms with Crippen molar-refractivity contribution in [1.29, 1.82) is 0 Å². The number of carbonyl (C=O) groups excluding carboxylic acids is 3. The summed E-state index contributed by atoms with van der Waals surface area (Å²) in [6.07, 6.45) is 1.69. The van der Waals surface area contributed by atoms with Crippen LogP contribution >= 0.6 is 0 Å². The third kappa shape index (κ3) is 6.28. The molecule has 0 radical (unpaired) electrons. The van der Waals surface area contributed by atoms with Crippen LogP contribution in [0.5, 0.6) is 17.2 Å². The molecule has 2 amide bonds. The summed E-state index contributed by atoms with van der Waals surface area (Å²) in [6, 6.07) is 12.3. The molecule has 1 saturated heterocycles. The van der Waals surface area contributed by atoms with E-state index in [1.165, 1.54) is 20.3 Å². The largest absolute Gasteiger partial charge is 0.493 e. The number of carbonyl (C=O) groups is 3. The van der Waals surface area contributed by atoms with Crippen LogP contribution in [0.4, 0.5) is 0 Å². The zero-order chi connectivity index (χ0) is 24.5. The minimum absolute atomic E-state index is 0.0200. The Morgan fingerprint density at radius 1 is 1.06 bits per heavy atom. The van der Waals surface area contributed by atoms with E-state index < -0.39 is 23.8 Å². The van der Waals surface area contributed by atoms with Gasteiger partial charge >= 0.3 is 5.97 Å². The lowest BCUT2D eigenvalue weighted by atomic mass is 10.1. The SMILES string of the molecule is CCOc1c(OC)cc(/C=C2\NC(=O)C(CCC(=O)OC)NC2=O)cc1OCc1ccccc1. The number of hydrogen-bond acceptors (Lipinski definition) is 7. The van der Waals surface area contributed by atoms with Gasteiger partial charge < -0.3 is 29.6 Å². The first-order valence-corrected chi connectivity index (χ1v) is 10.9. The summed E-state index contributed by atoms with van der Waals surface area (Å²) in [4.78, 5) is 36.4. The molecule has 1 aliphatic heterocycles. The van der Waals surface area contributed by atoms with Crippen molar-refractivity contribution in [3.8, 4) is 17.2 Å². The molecule has 1 fully saturated rings. The van der Waals surface area contributed by atoms with E-state index in [1.54, 1.807) is 12.1 Å². The number of methoxy groups -OCH3 is 2. The number of hydrogen-bond donors (Lipinski definition) is 2. The Balaban J connectivity index is 1.83. The van der Waals surface area contributed by atoms with Gasteiger partial charge in [-0.25, -0.2) is 0 Å². The van der Waals surface area contributed by atoms with Crippen LogP contribution in [0.15, 0.2) is 48.2 Å². The molecule has 9 heteroatoms. The highest BCUT2D eigenvalue weighted by atomic mass is 16.5.